The molecule has 0 unspecified atom stereocenters. The maximum atomic E-state index is 12.6. The molecule has 4 aromatic rings. The van der Waals surface area contributed by atoms with E-state index >= 15 is 0 Å². The molecule has 1 aliphatic rings. The molecule has 1 heterocycles. The van der Waals surface area contributed by atoms with Gasteiger partial charge in [0.2, 0.25) is 11.8 Å². The maximum Gasteiger partial charge on any atom is 0.309 e. The number of benzene rings is 3. The number of nitrogens with zero attached hydrogens (tertiary/aromatic N) is 2. The molecule has 1 aliphatic carbocycles. The van der Waals surface area contributed by atoms with Crippen LogP contribution in [0.1, 0.15) is 38.2 Å². The van der Waals surface area contributed by atoms with E-state index in [1.165, 1.54) is 6.92 Å². The van der Waals surface area contributed by atoms with E-state index in [-0.39, 0.29) is 11.8 Å². The van der Waals surface area contributed by atoms with Crippen LogP contribution >= 0.6 is 0 Å². The summed E-state index contributed by atoms with van der Waals surface area (Å²) in [4.78, 5) is 24.8. The molecule has 1 N–H and O–H groups in total. The Labute approximate surface area is 210 Å². The first kappa shape index (κ1) is 23.5. The zero-order valence-electron chi connectivity index (χ0n) is 20.5. The number of nitrogens with one attached hydrogen (secondary N) is 1. The van der Waals surface area contributed by atoms with Gasteiger partial charge >= 0.3 is 5.97 Å². The summed E-state index contributed by atoms with van der Waals surface area (Å²) in [7, 11) is 0. The van der Waals surface area contributed by atoms with Crippen LogP contribution in [-0.2, 0) is 9.59 Å². The monoisotopic (exact) mass is 479 g/mol. The van der Waals surface area contributed by atoms with Gasteiger partial charge in [0, 0.05) is 24.1 Å². The molecule has 1 saturated carbocycles. The van der Waals surface area contributed by atoms with E-state index in [9.17, 15) is 9.59 Å². The molecule has 5 rings (SSSR count). The number of carbonyl (C=O) groups is 2. The second-order valence-electron chi connectivity index (χ2n) is 9.29. The average Bonchev–Trinajstić information content (AvgIpc) is 3.54. The molecule has 1 fully saturated rings. The Kier molecular flexibility index (Phi) is 6.67. The number of aryl methyl sites for hydroxylation is 1. The van der Waals surface area contributed by atoms with Crippen molar-refractivity contribution in [2.24, 2.45) is 5.92 Å². The quantitative estimate of drug-likeness (QED) is 0.318. The average molecular weight is 480 g/mol. The molecule has 6 heteroatoms. The van der Waals surface area contributed by atoms with Crippen molar-refractivity contribution in [1.82, 2.24) is 9.78 Å². The van der Waals surface area contributed by atoms with Crippen molar-refractivity contribution in [1.29, 1.82) is 0 Å². The third-order valence-electron chi connectivity index (χ3n) is 6.54. The van der Waals surface area contributed by atoms with Gasteiger partial charge in [0.15, 0.2) is 0 Å². The number of amides is 1. The number of carbonyl (C=O) groups excluding carboxylic acids is 2. The van der Waals surface area contributed by atoms with Crippen LogP contribution < -0.4 is 10.1 Å². The van der Waals surface area contributed by atoms with Gasteiger partial charge in [-0.15, -0.1) is 0 Å². The molecule has 1 amide bonds. The lowest BCUT2D eigenvalue weighted by atomic mass is 9.99. The molecule has 6 nitrogen and oxygen atoms in total. The Morgan fingerprint density at radius 2 is 1.64 bits per heavy atom. The van der Waals surface area contributed by atoms with Gasteiger partial charge in [-0.3, -0.25) is 9.59 Å². The number of para-hydroxylation sites is 1. The van der Waals surface area contributed by atoms with Gasteiger partial charge in [-0.1, -0.05) is 66.9 Å². The van der Waals surface area contributed by atoms with Crippen LogP contribution in [0.4, 0.5) is 5.69 Å². The van der Waals surface area contributed by atoms with Crippen LogP contribution in [0.15, 0.2) is 78.9 Å². The predicted octanol–water partition coefficient (Wildman–Crippen LogP) is 6.57. The van der Waals surface area contributed by atoms with Crippen LogP contribution in [-0.4, -0.2) is 21.7 Å². The third kappa shape index (κ3) is 4.93. The van der Waals surface area contributed by atoms with Crippen LogP contribution in [0.3, 0.4) is 0 Å². The molecule has 0 atom stereocenters. The maximum absolute atomic E-state index is 12.6. The first-order chi connectivity index (χ1) is 17.5. The van der Waals surface area contributed by atoms with Crippen LogP contribution in [0.5, 0.6) is 5.88 Å². The summed E-state index contributed by atoms with van der Waals surface area (Å²) in [6, 6.07) is 25.3. The lowest BCUT2D eigenvalue weighted by molar-refractivity contribution is -0.132. The Balaban J connectivity index is 1.61. The Morgan fingerprint density at radius 3 is 2.31 bits per heavy atom. The lowest BCUT2D eigenvalue weighted by Gasteiger charge is -2.12. The van der Waals surface area contributed by atoms with Gasteiger partial charge in [0.25, 0.3) is 0 Å². The van der Waals surface area contributed by atoms with Crippen LogP contribution in [0, 0.1) is 12.8 Å². The number of hydrogen-bond donors (Lipinski definition) is 1. The molecule has 0 saturated heterocycles. The van der Waals surface area contributed by atoms with Gasteiger partial charge < -0.3 is 10.1 Å². The number of hydrogen-bond acceptors (Lipinski definition) is 4. The summed E-state index contributed by atoms with van der Waals surface area (Å²) in [5, 5.41) is 7.96. The molecule has 3 aromatic carbocycles. The lowest BCUT2D eigenvalue weighted by Crippen LogP contribution is -2.20. The highest BCUT2D eigenvalue weighted by atomic mass is 16.5. The third-order valence-corrected chi connectivity index (χ3v) is 6.54. The van der Waals surface area contributed by atoms with E-state index in [0.29, 0.717) is 17.1 Å². The summed E-state index contributed by atoms with van der Waals surface area (Å²) >= 11 is 0. The molecular formula is C30H29N3O3. The molecule has 0 spiro atoms. The van der Waals surface area contributed by atoms with Gasteiger partial charge in [-0.25, -0.2) is 0 Å². The molecule has 0 radical (unpaired) electrons. The minimum Gasteiger partial charge on any atom is -0.407 e. The molecule has 0 bridgehead atoms. The van der Waals surface area contributed by atoms with Crippen LogP contribution in [0.25, 0.3) is 28.1 Å². The highest BCUT2D eigenvalue weighted by molar-refractivity contribution is 5.93. The van der Waals surface area contributed by atoms with Crippen molar-refractivity contribution in [3.05, 3.63) is 84.4 Å². The van der Waals surface area contributed by atoms with Crippen molar-refractivity contribution >= 4 is 17.6 Å². The highest BCUT2D eigenvalue weighted by Crippen LogP contribution is 2.41. The molecule has 1 aromatic heterocycles. The summed E-state index contributed by atoms with van der Waals surface area (Å²) in [6.07, 6.45) is 4.13. The number of esters is 1. The number of ether oxygens (including phenoxy) is 1. The Bertz CT molecular complexity index is 1380. The van der Waals surface area contributed by atoms with Crippen molar-refractivity contribution < 1.29 is 14.3 Å². The van der Waals surface area contributed by atoms with Gasteiger partial charge in [-0.05, 0) is 55.7 Å². The minimum absolute atomic E-state index is 0.0817. The normalized spacial score (nSPS) is 13.5. The van der Waals surface area contributed by atoms with Crippen LogP contribution in [0.2, 0.25) is 0 Å². The number of rotatable bonds is 6. The molecule has 36 heavy (non-hydrogen) atoms. The van der Waals surface area contributed by atoms with Crippen molar-refractivity contribution in [3.63, 3.8) is 0 Å². The molecular weight excluding hydrogens is 450 g/mol. The smallest absolute Gasteiger partial charge is 0.309 e. The Morgan fingerprint density at radius 1 is 0.917 bits per heavy atom. The van der Waals surface area contributed by atoms with E-state index in [1.807, 2.05) is 79.7 Å². The van der Waals surface area contributed by atoms with Gasteiger partial charge in [-0.2, -0.15) is 9.78 Å². The number of anilines is 1. The van der Waals surface area contributed by atoms with E-state index in [1.54, 1.807) is 4.68 Å². The van der Waals surface area contributed by atoms with Gasteiger partial charge in [0.1, 0.15) is 5.69 Å². The zero-order chi connectivity index (χ0) is 25.1. The van der Waals surface area contributed by atoms with E-state index in [0.717, 1.165) is 53.7 Å². The molecule has 0 aliphatic heterocycles. The second-order valence-corrected chi connectivity index (χ2v) is 9.29. The predicted molar refractivity (Wildman–Crippen MR) is 141 cm³/mol. The fourth-order valence-electron chi connectivity index (χ4n) is 4.78. The summed E-state index contributed by atoms with van der Waals surface area (Å²) in [6.45, 7) is 3.42. The van der Waals surface area contributed by atoms with Gasteiger partial charge in [0.05, 0.1) is 11.3 Å². The highest BCUT2D eigenvalue weighted by Gasteiger charge is 2.25. The SMILES string of the molecule is CC(=O)Oc1c(-c2ccc(NC(=O)C3CCCC3)cc2)c(-c2cccc(C)c2)nn1-c1ccccc1. The summed E-state index contributed by atoms with van der Waals surface area (Å²) in [5.41, 5.74) is 5.82. The van der Waals surface area contributed by atoms with Crippen molar-refractivity contribution in [2.75, 3.05) is 5.32 Å². The number of aromatic nitrogens is 2. The largest absolute Gasteiger partial charge is 0.407 e. The fourth-order valence-corrected chi connectivity index (χ4v) is 4.78. The minimum atomic E-state index is -0.426. The first-order valence-electron chi connectivity index (χ1n) is 12.3. The van der Waals surface area contributed by atoms with E-state index < -0.39 is 5.97 Å². The second kappa shape index (κ2) is 10.2. The topological polar surface area (TPSA) is 73.2 Å². The van der Waals surface area contributed by atoms with E-state index in [4.69, 9.17) is 9.84 Å². The Hall–Kier alpha value is -4.19. The van der Waals surface area contributed by atoms with Crippen molar-refractivity contribution in [3.8, 4) is 34.0 Å². The van der Waals surface area contributed by atoms with Crippen molar-refractivity contribution in [2.45, 2.75) is 39.5 Å². The van der Waals surface area contributed by atoms with E-state index in [2.05, 4.69) is 11.4 Å². The first-order valence-corrected chi connectivity index (χ1v) is 12.3. The standard InChI is InChI=1S/C30H29N3O3/c1-20-9-8-12-24(19-20)28-27(30(36-21(2)34)33(32-28)26-13-4-3-5-14-26)22-15-17-25(18-16-22)31-29(35)23-10-6-7-11-23/h3-5,8-9,12-19,23H,6-7,10-11H2,1-2H3,(H,31,35). The fraction of sp³-hybridized carbons (Fsp3) is 0.233. The zero-order valence-corrected chi connectivity index (χ0v) is 20.5. The summed E-state index contributed by atoms with van der Waals surface area (Å²) < 4.78 is 7.44. The summed E-state index contributed by atoms with van der Waals surface area (Å²) in [5.74, 6) is 0.105. The molecule has 182 valence electrons.